The van der Waals surface area contributed by atoms with Gasteiger partial charge in [0.15, 0.2) is 0 Å². The minimum Gasteiger partial charge on any atom is -0.393 e. The fourth-order valence-corrected chi connectivity index (χ4v) is 2.20. The molecule has 0 spiro atoms. The van der Waals surface area contributed by atoms with E-state index in [0.717, 1.165) is 39.1 Å². The summed E-state index contributed by atoms with van der Waals surface area (Å²) in [5, 5.41) is 9.43. The second-order valence-electron chi connectivity index (χ2n) is 4.31. The third kappa shape index (κ3) is 2.03. The molecule has 2 heterocycles. The largest absolute Gasteiger partial charge is 0.393 e. The van der Waals surface area contributed by atoms with E-state index in [2.05, 4.69) is 4.90 Å². The van der Waals surface area contributed by atoms with E-state index in [9.17, 15) is 5.11 Å². The van der Waals surface area contributed by atoms with Gasteiger partial charge in [0.25, 0.3) is 0 Å². The Labute approximate surface area is 79.7 Å². The van der Waals surface area contributed by atoms with Gasteiger partial charge in [-0.15, -0.1) is 0 Å². The van der Waals surface area contributed by atoms with Crippen LogP contribution in [-0.4, -0.2) is 48.5 Å². The smallest absolute Gasteiger partial charge is 0.0645 e. The van der Waals surface area contributed by atoms with Crippen LogP contribution in [0.3, 0.4) is 0 Å². The molecule has 0 aromatic rings. The van der Waals surface area contributed by atoms with Gasteiger partial charge in [0.2, 0.25) is 0 Å². The molecule has 2 rings (SSSR count). The van der Waals surface area contributed by atoms with Crippen LogP contribution in [0.1, 0.15) is 19.8 Å². The molecule has 0 amide bonds. The fourth-order valence-electron chi connectivity index (χ4n) is 2.20. The molecule has 0 radical (unpaired) electrons. The molecule has 0 aromatic heterocycles. The van der Waals surface area contributed by atoms with Gasteiger partial charge in [-0.05, 0) is 38.8 Å². The van der Waals surface area contributed by atoms with E-state index in [0.29, 0.717) is 12.0 Å². The van der Waals surface area contributed by atoms with Gasteiger partial charge in [-0.2, -0.15) is 0 Å². The number of piperidine rings is 1. The topological polar surface area (TPSA) is 32.7 Å². The predicted molar refractivity (Wildman–Crippen MR) is 50.6 cm³/mol. The van der Waals surface area contributed by atoms with Crippen LogP contribution in [0.25, 0.3) is 0 Å². The molecule has 2 aliphatic rings. The molecule has 0 aromatic carbocycles. The average molecular weight is 185 g/mol. The summed E-state index contributed by atoms with van der Waals surface area (Å²) in [6.45, 7) is 6.03. The predicted octanol–water partition coefficient (Wildman–Crippen LogP) is 0.478. The third-order valence-electron chi connectivity index (χ3n) is 3.39. The van der Waals surface area contributed by atoms with Crippen LogP contribution < -0.4 is 0 Å². The van der Waals surface area contributed by atoms with Crippen LogP contribution in [0, 0.1) is 5.92 Å². The fraction of sp³-hybridized carbons (Fsp3) is 1.00. The van der Waals surface area contributed by atoms with E-state index in [1.54, 1.807) is 0 Å². The van der Waals surface area contributed by atoms with Gasteiger partial charge in [0.1, 0.15) is 0 Å². The molecule has 2 aliphatic heterocycles. The summed E-state index contributed by atoms with van der Waals surface area (Å²) in [4.78, 5) is 2.50. The van der Waals surface area contributed by atoms with E-state index in [1.165, 1.54) is 0 Å². The lowest BCUT2D eigenvalue weighted by atomic mass is 9.91. The minimum absolute atomic E-state index is 0.125. The zero-order chi connectivity index (χ0) is 9.26. The molecule has 1 N–H and O–H groups in total. The lowest BCUT2D eigenvalue weighted by Crippen LogP contribution is -2.52. The standard InChI is InChI=1S/C10H19NO2/c1-8(12)9-2-4-11(5-3-9)10-6-13-7-10/h8-10,12H,2-7H2,1H3. The Hall–Kier alpha value is -0.120. The molecule has 1 atom stereocenters. The quantitative estimate of drug-likeness (QED) is 0.679. The van der Waals surface area contributed by atoms with E-state index in [4.69, 9.17) is 4.74 Å². The van der Waals surface area contributed by atoms with Crippen molar-refractivity contribution in [3.05, 3.63) is 0 Å². The van der Waals surface area contributed by atoms with Gasteiger partial charge in [-0.1, -0.05) is 0 Å². The number of ether oxygens (including phenoxy) is 1. The number of hydrogen-bond acceptors (Lipinski definition) is 3. The van der Waals surface area contributed by atoms with E-state index in [-0.39, 0.29) is 6.10 Å². The van der Waals surface area contributed by atoms with Crippen LogP contribution in [-0.2, 0) is 4.74 Å². The van der Waals surface area contributed by atoms with E-state index >= 15 is 0 Å². The van der Waals surface area contributed by atoms with E-state index < -0.39 is 0 Å². The van der Waals surface area contributed by atoms with Crippen molar-refractivity contribution in [2.45, 2.75) is 31.9 Å². The molecule has 0 saturated carbocycles. The van der Waals surface area contributed by atoms with Crippen LogP contribution >= 0.6 is 0 Å². The Kier molecular flexibility index (Phi) is 2.86. The maximum atomic E-state index is 9.43. The zero-order valence-electron chi connectivity index (χ0n) is 8.28. The number of rotatable bonds is 2. The summed E-state index contributed by atoms with van der Waals surface area (Å²) in [7, 11) is 0. The summed E-state index contributed by atoms with van der Waals surface area (Å²) in [5.74, 6) is 0.525. The van der Waals surface area contributed by atoms with Crippen LogP contribution in [0.15, 0.2) is 0 Å². The number of nitrogens with zero attached hydrogens (tertiary/aromatic N) is 1. The first-order valence-electron chi connectivity index (χ1n) is 5.27. The number of aliphatic hydroxyl groups is 1. The van der Waals surface area contributed by atoms with E-state index in [1.807, 2.05) is 6.92 Å². The summed E-state index contributed by atoms with van der Waals surface area (Å²) < 4.78 is 5.17. The summed E-state index contributed by atoms with van der Waals surface area (Å²) in [6, 6.07) is 0.676. The molecule has 76 valence electrons. The number of aliphatic hydroxyl groups excluding tert-OH is 1. The molecule has 13 heavy (non-hydrogen) atoms. The monoisotopic (exact) mass is 185 g/mol. The van der Waals surface area contributed by atoms with Crippen molar-refractivity contribution in [3.8, 4) is 0 Å². The van der Waals surface area contributed by atoms with Crippen molar-refractivity contribution >= 4 is 0 Å². The molecule has 2 saturated heterocycles. The highest BCUT2D eigenvalue weighted by atomic mass is 16.5. The Balaban J connectivity index is 1.75. The van der Waals surface area contributed by atoms with Crippen molar-refractivity contribution in [1.82, 2.24) is 4.90 Å². The van der Waals surface area contributed by atoms with Crippen molar-refractivity contribution in [2.75, 3.05) is 26.3 Å². The molecular formula is C10H19NO2. The van der Waals surface area contributed by atoms with Gasteiger partial charge < -0.3 is 9.84 Å². The zero-order valence-corrected chi connectivity index (χ0v) is 8.28. The first-order chi connectivity index (χ1) is 6.27. The SMILES string of the molecule is CC(O)C1CCN(C2COC2)CC1. The van der Waals surface area contributed by atoms with Crippen LogP contribution in [0.2, 0.25) is 0 Å². The average Bonchev–Trinajstić information content (AvgIpc) is 2.02. The number of hydrogen-bond donors (Lipinski definition) is 1. The molecule has 3 heteroatoms. The normalized spacial score (nSPS) is 30.0. The van der Waals surface area contributed by atoms with Gasteiger partial charge in [-0.25, -0.2) is 0 Å². The Morgan fingerprint density at radius 1 is 1.31 bits per heavy atom. The Morgan fingerprint density at radius 2 is 1.92 bits per heavy atom. The highest BCUT2D eigenvalue weighted by molar-refractivity contribution is 4.83. The summed E-state index contributed by atoms with van der Waals surface area (Å²) >= 11 is 0. The minimum atomic E-state index is -0.125. The second-order valence-corrected chi connectivity index (χ2v) is 4.31. The molecule has 0 bridgehead atoms. The number of likely N-dealkylation sites (tertiary alicyclic amines) is 1. The molecule has 1 unspecified atom stereocenters. The van der Waals surface area contributed by atoms with Crippen molar-refractivity contribution in [1.29, 1.82) is 0 Å². The highest BCUT2D eigenvalue weighted by Gasteiger charge is 2.30. The van der Waals surface area contributed by atoms with Gasteiger partial charge >= 0.3 is 0 Å². The third-order valence-corrected chi connectivity index (χ3v) is 3.39. The van der Waals surface area contributed by atoms with Crippen LogP contribution in [0.5, 0.6) is 0 Å². The summed E-state index contributed by atoms with van der Waals surface area (Å²) in [5.41, 5.74) is 0. The first kappa shape index (κ1) is 9.44. The lowest BCUT2D eigenvalue weighted by molar-refractivity contribution is -0.0784. The lowest BCUT2D eigenvalue weighted by Gasteiger charge is -2.41. The maximum Gasteiger partial charge on any atom is 0.0645 e. The molecule has 3 nitrogen and oxygen atoms in total. The van der Waals surface area contributed by atoms with Crippen LogP contribution in [0.4, 0.5) is 0 Å². The Morgan fingerprint density at radius 3 is 2.31 bits per heavy atom. The maximum absolute atomic E-state index is 9.43. The second kappa shape index (κ2) is 3.95. The first-order valence-corrected chi connectivity index (χ1v) is 5.27. The van der Waals surface area contributed by atoms with Gasteiger partial charge in [-0.3, -0.25) is 4.90 Å². The molecule has 0 aliphatic carbocycles. The van der Waals surface area contributed by atoms with Crippen molar-refractivity contribution in [2.24, 2.45) is 5.92 Å². The van der Waals surface area contributed by atoms with Gasteiger partial charge in [0.05, 0.1) is 25.4 Å². The van der Waals surface area contributed by atoms with Gasteiger partial charge in [0, 0.05) is 0 Å². The summed E-state index contributed by atoms with van der Waals surface area (Å²) in [6.07, 6.45) is 2.17. The highest BCUT2D eigenvalue weighted by Crippen LogP contribution is 2.23. The Bertz CT molecular complexity index is 160. The molecular weight excluding hydrogens is 166 g/mol. The van der Waals surface area contributed by atoms with Crippen molar-refractivity contribution in [3.63, 3.8) is 0 Å². The van der Waals surface area contributed by atoms with Crippen molar-refractivity contribution < 1.29 is 9.84 Å². The molecule has 2 fully saturated rings.